The number of piperidine rings is 1. The Bertz CT molecular complexity index is 816. The van der Waals surface area contributed by atoms with Crippen molar-refractivity contribution in [1.29, 1.82) is 0 Å². The molecule has 0 saturated carbocycles. The first-order valence-electron chi connectivity index (χ1n) is 10.2. The molecule has 1 aromatic carbocycles. The summed E-state index contributed by atoms with van der Waals surface area (Å²) in [4.78, 5) is 30.6. The molecule has 0 spiro atoms. The maximum atomic E-state index is 12.6. The molecular weight excluding hydrogens is 370 g/mol. The fraction of sp³-hybridized carbons (Fsp3) is 0.500. The molecule has 1 fully saturated rings. The molecule has 0 bridgehead atoms. The summed E-state index contributed by atoms with van der Waals surface area (Å²) in [6.07, 6.45) is 5.67. The van der Waals surface area contributed by atoms with Gasteiger partial charge in [0.2, 0.25) is 11.8 Å². The molecule has 156 valence electrons. The van der Waals surface area contributed by atoms with Crippen molar-refractivity contribution in [2.24, 2.45) is 0 Å². The number of carbonyl (C=O) groups is 2. The predicted octanol–water partition coefficient (Wildman–Crippen LogP) is 3.19. The molecule has 7 nitrogen and oxygen atoms in total. The van der Waals surface area contributed by atoms with E-state index in [0.29, 0.717) is 37.5 Å². The third-order valence-corrected chi connectivity index (χ3v) is 5.10. The molecule has 2 aromatic rings. The van der Waals surface area contributed by atoms with Crippen LogP contribution in [0.4, 0.5) is 0 Å². The summed E-state index contributed by atoms with van der Waals surface area (Å²) >= 11 is 0. The van der Waals surface area contributed by atoms with Crippen molar-refractivity contribution < 1.29 is 18.7 Å². The standard InChI is InChI=1S/C22H29N3O4/c1-3-5-20(26)24-17-6-4-13-25(15-17)22(27)12-11-21-23-14-19(29-21)16-7-9-18(28-2)10-8-16/h7-10,14,17H,3-6,11-13,15H2,1-2H3,(H,24,26)/t17-/m1/s1. The number of carbonyl (C=O) groups excluding carboxylic acids is 2. The van der Waals surface area contributed by atoms with Gasteiger partial charge in [0.15, 0.2) is 11.7 Å². The van der Waals surface area contributed by atoms with Crippen molar-refractivity contribution in [2.45, 2.75) is 51.5 Å². The Morgan fingerprint density at radius 1 is 1.28 bits per heavy atom. The second kappa shape index (κ2) is 10.1. The number of aryl methyl sites for hydroxylation is 1. The molecule has 0 unspecified atom stereocenters. The number of likely N-dealkylation sites (tertiary alicyclic amines) is 1. The number of nitrogens with zero attached hydrogens (tertiary/aromatic N) is 2. The van der Waals surface area contributed by atoms with Crippen LogP contribution in [0, 0.1) is 0 Å². The third kappa shape index (κ3) is 5.82. The molecule has 7 heteroatoms. The Morgan fingerprint density at radius 2 is 2.07 bits per heavy atom. The largest absolute Gasteiger partial charge is 0.497 e. The number of methoxy groups -OCH3 is 1. The summed E-state index contributed by atoms with van der Waals surface area (Å²) in [5.74, 6) is 2.15. The zero-order valence-corrected chi connectivity index (χ0v) is 17.1. The van der Waals surface area contributed by atoms with E-state index in [4.69, 9.17) is 9.15 Å². The third-order valence-electron chi connectivity index (χ3n) is 5.10. The average Bonchev–Trinajstić information content (AvgIpc) is 3.21. The Kier molecular flexibility index (Phi) is 7.27. The van der Waals surface area contributed by atoms with Gasteiger partial charge in [-0.3, -0.25) is 9.59 Å². The molecule has 29 heavy (non-hydrogen) atoms. The van der Waals surface area contributed by atoms with Gasteiger partial charge in [0.1, 0.15) is 5.75 Å². The molecule has 1 aliphatic heterocycles. The van der Waals surface area contributed by atoms with Crippen LogP contribution in [0.5, 0.6) is 5.75 Å². The molecule has 1 aliphatic rings. The number of rotatable bonds is 8. The monoisotopic (exact) mass is 399 g/mol. The van der Waals surface area contributed by atoms with Crippen molar-refractivity contribution in [2.75, 3.05) is 20.2 Å². The van der Waals surface area contributed by atoms with Gasteiger partial charge in [0.05, 0.1) is 13.3 Å². The van der Waals surface area contributed by atoms with Gasteiger partial charge in [0, 0.05) is 44.0 Å². The van der Waals surface area contributed by atoms with Crippen molar-refractivity contribution in [3.05, 3.63) is 36.4 Å². The second-order valence-electron chi connectivity index (χ2n) is 7.34. The van der Waals surface area contributed by atoms with Gasteiger partial charge < -0.3 is 19.4 Å². The number of nitrogens with one attached hydrogen (secondary N) is 1. The van der Waals surface area contributed by atoms with Crippen molar-refractivity contribution >= 4 is 11.8 Å². The summed E-state index contributed by atoms with van der Waals surface area (Å²) in [7, 11) is 1.63. The number of aromatic nitrogens is 1. The van der Waals surface area contributed by atoms with Gasteiger partial charge in [-0.2, -0.15) is 0 Å². The topological polar surface area (TPSA) is 84.7 Å². The van der Waals surface area contributed by atoms with Crippen LogP contribution in [-0.4, -0.2) is 47.9 Å². The van der Waals surface area contributed by atoms with Gasteiger partial charge in [-0.05, 0) is 43.5 Å². The molecule has 2 amide bonds. The molecule has 1 atom stereocenters. The van der Waals surface area contributed by atoms with Gasteiger partial charge in [0.25, 0.3) is 0 Å². The van der Waals surface area contributed by atoms with Crippen LogP contribution in [-0.2, 0) is 16.0 Å². The van der Waals surface area contributed by atoms with E-state index in [1.54, 1.807) is 13.3 Å². The Morgan fingerprint density at radius 3 is 2.79 bits per heavy atom. The van der Waals surface area contributed by atoms with Gasteiger partial charge >= 0.3 is 0 Å². The molecule has 1 aromatic heterocycles. The SMILES string of the molecule is CCCC(=O)N[C@@H]1CCCN(C(=O)CCc2ncc(-c3ccc(OC)cc3)o2)C1. The lowest BCUT2D eigenvalue weighted by Gasteiger charge is -2.33. The molecule has 0 radical (unpaired) electrons. The lowest BCUT2D eigenvalue weighted by Crippen LogP contribution is -2.49. The van der Waals surface area contributed by atoms with Crippen LogP contribution in [0.2, 0.25) is 0 Å². The molecule has 1 N–H and O–H groups in total. The lowest BCUT2D eigenvalue weighted by molar-refractivity contribution is -0.133. The zero-order valence-electron chi connectivity index (χ0n) is 17.1. The van der Waals surface area contributed by atoms with Crippen LogP contribution < -0.4 is 10.1 Å². The van der Waals surface area contributed by atoms with E-state index in [1.165, 1.54) is 0 Å². The summed E-state index contributed by atoms with van der Waals surface area (Å²) in [5, 5.41) is 3.04. The lowest BCUT2D eigenvalue weighted by atomic mass is 10.0. The van der Waals surface area contributed by atoms with E-state index in [9.17, 15) is 9.59 Å². The first-order valence-corrected chi connectivity index (χ1v) is 10.2. The quantitative estimate of drug-likeness (QED) is 0.737. The van der Waals surface area contributed by atoms with Crippen molar-refractivity contribution in [3.63, 3.8) is 0 Å². The first-order chi connectivity index (χ1) is 14.1. The van der Waals surface area contributed by atoms with Crippen LogP contribution in [0.1, 0.15) is 44.9 Å². The Balaban J connectivity index is 1.50. The van der Waals surface area contributed by atoms with Gasteiger partial charge in [-0.25, -0.2) is 4.98 Å². The van der Waals surface area contributed by atoms with Crippen LogP contribution in [0.3, 0.4) is 0 Å². The first kappa shape index (κ1) is 20.9. The fourth-order valence-electron chi connectivity index (χ4n) is 3.53. The smallest absolute Gasteiger partial charge is 0.223 e. The minimum absolute atomic E-state index is 0.0511. The Hall–Kier alpha value is -2.83. The summed E-state index contributed by atoms with van der Waals surface area (Å²) < 4.78 is 11.0. The number of oxazole rings is 1. The summed E-state index contributed by atoms with van der Waals surface area (Å²) in [6, 6.07) is 7.61. The van der Waals surface area contributed by atoms with Gasteiger partial charge in [-0.15, -0.1) is 0 Å². The highest BCUT2D eigenvalue weighted by Crippen LogP contribution is 2.23. The predicted molar refractivity (Wildman–Crippen MR) is 109 cm³/mol. The average molecular weight is 399 g/mol. The maximum absolute atomic E-state index is 12.6. The number of hydrogen-bond acceptors (Lipinski definition) is 5. The molecular formula is C22H29N3O4. The number of ether oxygens (including phenoxy) is 1. The van der Waals surface area contributed by atoms with E-state index in [2.05, 4.69) is 10.3 Å². The zero-order chi connectivity index (χ0) is 20.6. The van der Waals surface area contributed by atoms with Crippen molar-refractivity contribution in [1.82, 2.24) is 15.2 Å². The minimum Gasteiger partial charge on any atom is -0.497 e. The summed E-state index contributed by atoms with van der Waals surface area (Å²) in [5.41, 5.74) is 0.914. The number of benzene rings is 1. The van der Waals surface area contributed by atoms with Crippen LogP contribution in [0.15, 0.2) is 34.9 Å². The van der Waals surface area contributed by atoms with E-state index in [0.717, 1.165) is 37.1 Å². The van der Waals surface area contributed by atoms with E-state index < -0.39 is 0 Å². The molecule has 3 rings (SSSR count). The fourth-order valence-corrected chi connectivity index (χ4v) is 3.53. The molecule has 1 saturated heterocycles. The molecule has 0 aliphatic carbocycles. The number of hydrogen-bond donors (Lipinski definition) is 1. The normalized spacial score (nSPS) is 16.5. The van der Waals surface area contributed by atoms with Crippen LogP contribution in [0.25, 0.3) is 11.3 Å². The van der Waals surface area contributed by atoms with E-state index in [-0.39, 0.29) is 17.9 Å². The van der Waals surface area contributed by atoms with Gasteiger partial charge in [-0.1, -0.05) is 6.92 Å². The van der Waals surface area contributed by atoms with E-state index >= 15 is 0 Å². The Labute approximate surface area is 171 Å². The highest BCUT2D eigenvalue weighted by molar-refractivity contribution is 5.78. The highest BCUT2D eigenvalue weighted by atomic mass is 16.5. The summed E-state index contributed by atoms with van der Waals surface area (Å²) in [6.45, 7) is 3.30. The van der Waals surface area contributed by atoms with Crippen LogP contribution >= 0.6 is 0 Å². The van der Waals surface area contributed by atoms with E-state index in [1.807, 2.05) is 36.1 Å². The highest BCUT2D eigenvalue weighted by Gasteiger charge is 2.24. The van der Waals surface area contributed by atoms with Crippen molar-refractivity contribution in [3.8, 4) is 17.1 Å². The second-order valence-corrected chi connectivity index (χ2v) is 7.34. The minimum atomic E-state index is 0.0511. The number of amides is 2. The molecule has 2 heterocycles. The maximum Gasteiger partial charge on any atom is 0.223 e.